The van der Waals surface area contributed by atoms with Crippen molar-refractivity contribution in [3.05, 3.63) is 94.0 Å². The minimum atomic E-state index is -3.88. The van der Waals surface area contributed by atoms with Gasteiger partial charge in [-0.15, -0.1) is 0 Å². The van der Waals surface area contributed by atoms with Crippen molar-refractivity contribution in [3.8, 4) is 5.75 Å². The minimum absolute atomic E-state index is 0.00922. The predicted octanol–water partition coefficient (Wildman–Crippen LogP) is 6.59. The zero-order valence-electron chi connectivity index (χ0n) is 25.0. The Morgan fingerprint density at radius 1 is 0.977 bits per heavy atom. The lowest BCUT2D eigenvalue weighted by atomic mass is 9.95. The molecule has 4 rings (SSSR count). The van der Waals surface area contributed by atoms with Crippen LogP contribution in [-0.4, -0.2) is 50.0 Å². The van der Waals surface area contributed by atoms with Gasteiger partial charge in [-0.05, 0) is 66.8 Å². The lowest BCUT2D eigenvalue weighted by molar-refractivity contribution is -0.140. The Morgan fingerprint density at radius 2 is 1.66 bits per heavy atom. The van der Waals surface area contributed by atoms with E-state index in [0.29, 0.717) is 40.1 Å². The third-order valence-corrected chi connectivity index (χ3v) is 9.47. The van der Waals surface area contributed by atoms with Crippen molar-refractivity contribution in [1.29, 1.82) is 0 Å². The summed E-state index contributed by atoms with van der Waals surface area (Å²) in [6.45, 7) is 1.70. The molecule has 0 radical (unpaired) electrons. The predicted molar refractivity (Wildman–Crippen MR) is 176 cm³/mol. The van der Waals surface area contributed by atoms with Gasteiger partial charge in [-0.25, -0.2) is 8.42 Å². The second kappa shape index (κ2) is 15.6. The molecule has 1 aliphatic rings. The molecule has 0 heterocycles. The van der Waals surface area contributed by atoms with Crippen molar-refractivity contribution in [2.24, 2.45) is 0 Å². The highest BCUT2D eigenvalue weighted by Crippen LogP contribution is 2.26. The van der Waals surface area contributed by atoms with E-state index in [4.69, 9.17) is 27.9 Å². The van der Waals surface area contributed by atoms with Gasteiger partial charge in [0.2, 0.25) is 21.8 Å². The molecular formula is C33H39Cl2N3O5S. The minimum Gasteiger partial charge on any atom is -0.489 e. The lowest BCUT2D eigenvalue weighted by Crippen LogP contribution is -2.54. The van der Waals surface area contributed by atoms with Crippen LogP contribution in [0.1, 0.15) is 56.6 Å². The number of nitrogens with zero attached hydrogens (tertiary/aromatic N) is 2. The monoisotopic (exact) mass is 659 g/mol. The molecule has 0 saturated heterocycles. The van der Waals surface area contributed by atoms with Crippen molar-refractivity contribution in [2.75, 3.05) is 17.1 Å². The summed E-state index contributed by atoms with van der Waals surface area (Å²) in [4.78, 5) is 29.0. The van der Waals surface area contributed by atoms with E-state index in [9.17, 15) is 18.0 Å². The first-order valence-corrected chi connectivity index (χ1v) is 17.4. The van der Waals surface area contributed by atoms with Crippen LogP contribution < -0.4 is 14.4 Å². The second-order valence-electron chi connectivity index (χ2n) is 11.1. The van der Waals surface area contributed by atoms with Crippen molar-refractivity contribution < 1.29 is 22.7 Å². The molecule has 1 fully saturated rings. The number of carbonyl (C=O) groups is 2. The summed E-state index contributed by atoms with van der Waals surface area (Å²) in [7, 11) is -3.88. The van der Waals surface area contributed by atoms with E-state index in [0.717, 1.165) is 48.2 Å². The highest BCUT2D eigenvalue weighted by Gasteiger charge is 2.33. The van der Waals surface area contributed by atoms with Crippen molar-refractivity contribution in [1.82, 2.24) is 10.2 Å². The van der Waals surface area contributed by atoms with Crippen LogP contribution in [0.15, 0.2) is 72.8 Å². The number of rotatable bonds is 13. The average molecular weight is 661 g/mol. The van der Waals surface area contributed by atoms with E-state index < -0.39 is 28.5 Å². The van der Waals surface area contributed by atoms with Gasteiger partial charge in [0.25, 0.3) is 0 Å². The van der Waals surface area contributed by atoms with Crippen molar-refractivity contribution >= 4 is 50.7 Å². The molecule has 11 heteroatoms. The maximum atomic E-state index is 14.0. The Balaban J connectivity index is 1.57. The number of halogens is 2. The van der Waals surface area contributed by atoms with Crippen LogP contribution in [0.2, 0.25) is 10.0 Å². The van der Waals surface area contributed by atoms with Gasteiger partial charge in [0.15, 0.2) is 0 Å². The molecule has 1 N–H and O–H groups in total. The molecule has 3 aromatic carbocycles. The Kier molecular flexibility index (Phi) is 11.9. The summed E-state index contributed by atoms with van der Waals surface area (Å²) in [5, 5.41) is 3.92. The molecule has 236 valence electrons. The van der Waals surface area contributed by atoms with Crippen LogP contribution in [0.3, 0.4) is 0 Å². The molecule has 0 aliphatic heterocycles. The smallest absolute Gasteiger partial charge is 0.244 e. The summed E-state index contributed by atoms with van der Waals surface area (Å²) in [5.74, 6) is -0.234. The second-order valence-corrected chi connectivity index (χ2v) is 13.8. The fourth-order valence-corrected chi connectivity index (χ4v) is 6.68. The number of benzene rings is 3. The molecule has 1 aliphatic carbocycles. The van der Waals surface area contributed by atoms with E-state index in [2.05, 4.69) is 5.32 Å². The quantitative estimate of drug-likeness (QED) is 0.223. The summed E-state index contributed by atoms with van der Waals surface area (Å²) in [6.07, 6.45) is 6.41. The third-order valence-electron chi connectivity index (χ3n) is 7.75. The van der Waals surface area contributed by atoms with Gasteiger partial charge in [0.1, 0.15) is 24.9 Å². The van der Waals surface area contributed by atoms with Gasteiger partial charge in [0.05, 0.1) is 11.9 Å². The van der Waals surface area contributed by atoms with Crippen molar-refractivity contribution in [2.45, 2.75) is 70.7 Å². The summed E-state index contributed by atoms with van der Waals surface area (Å²) >= 11 is 12.6. The number of sulfonamides is 1. The van der Waals surface area contributed by atoms with Crippen LogP contribution in [0.5, 0.6) is 5.75 Å². The Hall–Kier alpha value is -3.27. The number of hydrogen-bond donors (Lipinski definition) is 1. The molecule has 44 heavy (non-hydrogen) atoms. The standard InChI is InChI=1S/C33H39Cl2N3O5S/c1-3-31(33(40)36-27-12-8-5-9-13-27)37(21-25-14-15-26(34)20-30(25)35)32(39)22-38(44(2,41)42)28-16-18-29(19-17-28)43-23-24-10-6-4-7-11-24/h4,6-7,10-11,14-20,27,31H,3,5,8-9,12-13,21-23H2,1-2H3,(H,36,40)/t31-/m0/s1. The van der Waals surface area contributed by atoms with Crippen LogP contribution in [0, 0.1) is 0 Å². The molecule has 1 saturated carbocycles. The summed E-state index contributed by atoms with van der Waals surface area (Å²) in [5.41, 5.74) is 1.90. The number of carbonyl (C=O) groups excluding carboxylic acids is 2. The first-order valence-electron chi connectivity index (χ1n) is 14.8. The van der Waals surface area contributed by atoms with Crippen LogP contribution in [0.4, 0.5) is 5.69 Å². The Labute approximate surface area is 270 Å². The van der Waals surface area contributed by atoms with Crippen LogP contribution in [0.25, 0.3) is 0 Å². The van der Waals surface area contributed by atoms with Crippen molar-refractivity contribution in [3.63, 3.8) is 0 Å². The molecule has 2 amide bonds. The molecular weight excluding hydrogens is 621 g/mol. The number of amides is 2. The van der Waals surface area contributed by atoms with E-state index in [1.54, 1.807) is 42.5 Å². The number of hydrogen-bond acceptors (Lipinski definition) is 5. The fraction of sp³-hybridized carbons (Fsp3) is 0.394. The molecule has 0 spiro atoms. The molecule has 0 unspecified atom stereocenters. The zero-order valence-corrected chi connectivity index (χ0v) is 27.4. The highest BCUT2D eigenvalue weighted by atomic mass is 35.5. The summed E-state index contributed by atoms with van der Waals surface area (Å²) in [6, 6.07) is 20.4. The van der Waals surface area contributed by atoms with Crippen LogP contribution >= 0.6 is 23.2 Å². The number of anilines is 1. The highest BCUT2D eigenvalue weighted by molar-refractivity contribution is 7.92. The molecule has 3 aromatic rings. The van der Waals surface area contributed by atoms with Crippen LogP contribution in [-0.2, 0) is 32.8 Å². The number of ether oxygens (including phenoxy) is 1. The largest absolute Gasteiger partial charge is 0.489 e. The Morgan fingerprint density at radius 3 is 2.27 bits per heavy atom. The van der Waals surface area contributed by atoms with E-state index in [-0.39, 0.29) is 18.5 Å². The van der Waals surface area contributed by atoms with Gasteiger partial charge in [0, 0.05) is 22.6 Å². The van der Waals surface area contributed by atoms with E-state index in [1.165, 1.54) is 4.90 Å². The van der Waals surface area contributed by atoms with Gasteiger partial charge >= 0.3 is 0 Å². The van der Waals surface area contributed by atoms with Gasteiger partial charge < -0.3 is 15.0 Å². The first-order chi connectivity index (χ1) is 21.0. The Bertz CT molecular complexity index is 1510. The fourth-order valence-electron chi connectivity index (χ4n) is 5.36. The van der Waals surface area contributed by atoms with E-state index >= 15 is 0 Å². The summed E-state index contributed by atoms with van der Waals surface area (Å²) < 4.78 is 32.8. The molecule has 8 nitrogen and oxygen atoms in total. The normalized spacial score (nSPS) is 14.5. The number of nitrogens with one attached hydrogen (secondary N) is 1. The first kappa shape index (κ1) is 33.6. The van der Waals surface area contributed by atoms with Gasteiger partial charge in [-0.2, -0.15) is 0 Å². The molecule has 0 bridgehead atoms. The SMILES string of the molecule is CC[C@@H](C(=O)NC1CCCCC1)N(Cc1ccc(Cl)cc1Cl)C(=O)CN(c1ccc(OCc2ccccc2)cc1)S(C)(=O)=O. The van der Waals surface area contributed by atoms with E-state index in [1.807, 2.05) is 37.3 Å². The lowest BCUT2D eigenvalue weighted by Gasteiger charge is -2.34. The zero-order chi connectivity index (χ0) is 31.7. The maximum absolute atomic E-state index is 14.0. The molecule has 1 atom stereocenters. The van der Waals surface area contributed by atoms with Gasteiger partial charge in [-0.1, -0.05) is 85.8 Å². The molecule has 0 aromatic heterocycles. The average Bonchev–Trinajstić information content (AvgIpc) is 3.00. The third kappa shape index (κ3) is 9.36. The maximum Gasteiger partial charge on any atom is 0.244 e. The van der Waals surface area contributed by atoms with Gasteiger partial charge in [-0.3, -0.25) is 13.9 Å². The topological polar surface area (TPSA) is 96.0 Å².